The molecule has 1 unspecified atom stereocenters. The lowest BCUT2D eigenvalue weighted by Gasteiger charge is -2.12. The molecule has 2 N–H and O–H groups in total. The van der Waals surface area contributed by atoms with Crippen LogP contribution in [0.25, 0.3) is 0 Å². The number of hydrogen-bond acceptors (Lipinski definition) is 5. The molecule has 2 heterocycles. The lowest BCUT2D eigenvalue weighted by atomic mass is 10.1. The molecule has 0 spiro atoms. The number of nitrogens with two attached hydrogens (primary N) is 1. The predicted octanol–water partition coefficient (Wildman–Crippen LogP) is 1.62. The molecule has 92 valence electrons. The maximum absolute atomic E-state index is 5.79. The van der Waals surface area contributed by atoms with Gasteiger partial charge in [-0.3, -0.25) is 0 Å². The van der Waals surface area contributed by atoms with Gasteiger partial charge in [0, 0.05) is 18.4 Å². The van der Waals surface area contributed by atoms with Crippen LogP contribution in [0, 0.1) is 0 Å². The van der Waals surface area contributed by atoms with Crippen molar-refractivity contribution in [3.8, 4) is 0 Å². The molecule has 1 aromatic rings. The number of anilines is 1. The summed E-state index contributed by atoms with van der Waals surface area (Å²) in [5.74, 6) is 2.89. The molecule has 0 radical (unpaired) electrons. The van der Waals surface area contributed by atoms with Gasteiger partial charge in [-0.25, -0.2) is 4.98 Å². The van der Waals surface area contributed by atoms with Crippen LogP contribution in [-0.4, -0.2) is 28.2 Å². The number of ether oxygens (including phenoxy) is 1. The van der Waals surface area contributed by atoms with Crippen molar-refractivity contribution in [2.24, 2.45) is 0 Å². The maximum atomic E-state index is 5.79. The second-order valence-electron chi connectivity index (χ2n) is 4.95. The fourth-order valence-corrected chi connectivity index (χ4v) is 2.71. The molecule has 1 saturated carbocycles. The quantitative estimate of drug-likeness (QED) is 0.841. The fourth-order valence-electron chi connectivity index (χ4n) is 2.71. The summed E-state index contributed by atoms with van der Waals surface area (Å²) in [6.07, 6.45) is 5.91. The van der Waals surface area contributed by atoms with Crippen LogP contribution in [0.5, 0.6) is 0 Å². The zero-order valence-corrected chi connectivity index (χ0v) is 9.93. The zero-order valence-electron chi connectivity index (χ0n) is 9.93. The van der Waals surface area contributed by atoms with Crippen LogP contribution in [0.15, 0.2) is 0 Å². The molecule has 2 aliphatic rings. The minimum Gasteiger partial charge on any atom is -0.381 e. The van der Waals surface area contributed by atoms with Crippen LogP contribution in [0.4, 0.5) is 5.95 Å². The highest BCUT2D eigenvalue weighted by atomic mass is 16.5. The molecule has 1 aliphatic carbocycles. The highest BCUT2D eigenvalue weighted by Crippen LogP contribution is 2.33. The lowest BCUT2D eigenvalue weighted by molar-refractivity contribution is 0.193. The molecule has 2 fully saturated rings. The van der Waals surface area contributed by atoms with Crippen LogP contribution in [0.1, 0.15) is 55.6 Å². The largest absolute Gasteiger partial charge is 0.381 e. The third-order valence-electron chi connectivity index (χ3n) is 3.70. The molecule has 5 heteroatoms. The summed E-state index contributed by atoms with van der Waals surface area (Å²) >= 11 is 0. The summed E-state index contributed by atoms with van der Waals surface area (Å²) in [7, 11) is 0. The van der Waals surface area contributed by atoms with E-state index in [0.717, 1.165) is 24.7 Å². The number of nitrogens with zero attached hydrogens (tertiary/aromatic N) is 3. The minimum absolute atomic E-state index is 0.306. The average Bonchev–Trinajstić information content (AvgIpc) is 3.02. The van der Waals surface area contributed by atoms with Crippen molar-refractivity contribution in [2.75, 3.05) is 18.9 Å². The molecular weight excluding hydrogens is 216 g/mol. The number of rotatable bonds is 2. The van der Waals surface area contributed by atoms with Crippen LogP contribution < -0.4 is 5.73 Å². The molecule has 1 aliphatic heterocycles. The van der Waals surface area contributed by atoms with E-state index >= 15 is 0 Å². The van der Waals surface area contributed by atoms with Crippen molar-refractivity contribution in [1.82, 2.24) is 15.0 Å². The molecule has 1 atom stereocenters. The summed E-state index contributed by atoms with van der Waals surface area (Å²) in [4.78, 5) is 13.2. The molecule has 5 nitrogen and oxygen atoms in total. The SMILES string of the molecule is Nc1nc(C2CCCC2)nc(C2CCOC2)n1. The topological polar surface area (TPSA) is 73.9 Å². The molecule has 3 rings (SSSR count). The van der Waals surface area contributed by atoms with Crippen molar-refractivity contribution in [1.29, 1.82) is 0 Å². The van der Waals surface area contributed by atoms with Gasteiger partial charge in [0.15, 0.2) is 0 Å². The van der Waals surface area contributed by atoms with Crippen LogP contribution >= 0.6 is 0 Å². The van der Waals surface area contributed by atoms with Crippen molar-refractivity contribution >= 4 is 5.95 Å². The van der Waals surface area contributed by atoms with E-state index < -0.39 is 0 Å². The molecule has 1 saturated heterocycles. The van der Waals surface area contributed by atoms with Crippen LogP contribution in [-0.2, 0) is 4.74 Å². The molecule has 17 heavy (non-hydrogen) atoms. The van der Waals surface area contributed by atoms with Crippen molar-refractivity contribution in [3.63, 3.8) is 0 Å². The van der Waals surface area contributed by atoms with Gasteiger partial charge < -0.3 is 10.5 Å². The monoisotopic (exact) mass is 234 g/mol. The Bertz CT molecular complexity index is 363. The average molecular weight is 234 g/mol. The molecule has 1 aromatic heterocycles. The highest BCUT2D eigenvalue weighted by molar-refractivity contribution is 5.19. The Hall–Kier alpha value is -1.23. The first-order valence-electron chi connectivity index (χ1n) is 6.42. The van der Waals surface area contributed by atoms with E-state index in [-0.39, 0.29) is 0 Å². The zero-order chi connectivity index (χ0) is 11.7. The second-order valence-corrected chi connectivity index (χ2v) is 4.95. The summed E-state index contributed by atoms with van der Waals surface area (Å²) < 4.78 is 5.38. The number of nitrogen functional groups attached to an aromatic ring is 1. The van der Waals surface area contributed by atoms with Crippen LogP contribution in [0.3, 0.4) is 0 Å². The van der Waals surface area contributed by atoms with Gasteiger partial charge in [-0.15, -0.1) is 0 Å². The first kappa shape index (κ1) is 10.9. The Morgan fingerprint density at radius 2 is 1.65 bits per heavy atom. The van der Waals surface area contributed by atoms with Crippen molar-refractivity contribution in [2.45, 2.75) is 43.9 Å². The summed E-state index contributed by atoms with van der Waals surface area (Å²) in [5.41, 5.74) is 5.79. The van der Waals surface area contributed by atoms with Gasteiger partial charge >= 0.3 is 0 Å². The van der Waals surface area contributed by atoms with Gasteiger partial charge in [-0.1, -0.05) is 12.8 Å². The van der Waals surface area contributed by atoms with E-state index in [1.54, 1.807) is 0 Å². The molecular formula is C12H18N4O. The fraction of sp³-hybridized carbons (Fsp3) is 0.750. The minimum atomic E-state index is 0.306. The Balaban J connectivity index is 1.88. The first-order chi connectivity index (χ1) is 8.33. The van der Waals surface area contributed by atoms with Gasteiger partial charge in [0.1, 0.15) is 11.6 Å². The Morgan fingerprint density at radius 1 is 0.941 bits per heavy atom. The highest BCUT2D eigenvalue weighted by Gasteiger charge is 2.25. The van der Waals surface area contributed by atoms with Gasteiger partial charge in [-0.05, 0) is 19.3 Å². The van der Waals surface area contributed by atoms with Crippen molar-refractivity contribution < 1.29 is 4.74 Å². The van der Waals surface area contributed by atoms with E-state index in [1.807, 2.05) is 0 Å². The van der Waals surface area contributed by atoms with E-state index in [9.17, 15) is 0 Å². The Kier molecular flexibility index (Phi) is 2.93. The lowest BCUT2D eigenvalue weighted by Crippen LogP contribution is -2.13. The summed E-state index contributed by atoms with van der Waals surface area (Å²) in [5, 5.41) is 0. The van der Waals surface area contributed by atoms with Gasteiger partial charge in [0.05, 0.1) is 6.61 Å². The van der Waals surface area contributed by atoms with Gasteiger partial charge in [-0.2, -0.15) is 9.97 Å². The Morgan fingerprint density at radius 3 is 2.29 bits per heavy atom. The molecule has 0 bridgehead atoms. The van der Waals surface area contributed by atoms with Crippen LogP contribution in [0.2, 0.25) is 0 Å². The maximum Gasteiger partial charge on any atom is 0.223 e. The third-order valence-corrected chi connectivity index (χ3v) is 3.70. The van der Waals surface area contributed by atoms with Gasteiger partial charge in [0.25, 0.3) is 0 Å². The van der Waals surface area contributed by atoms with E-state index in [2.05, 4.69) is 15.0 Å². The molecule has 0 amide bonds. The second kappa shape index (κ2) is 4.56. The van der Waals surface area contributed by atoms with E-state index in [1.165, 1.54) is 25.7 Å². The smallest absolute Gasteiger partial charge is 0.223 e. The third kappa shape index (κ3) is 2.24. The summed E-state index contributed by atoms with van der Waals surface area (Å²) in [6, 6.07) is 0. The summed E-state index contributed by atoms with van der Waals surface area (Å²) in [6.45, 7) is 1.52. The number of aromatic nitrogens is 3. The Labute approximate surface area is 101 Å². The molecule has 0 aromatic carbocycles. The van der Waals surface area contributed by atoms with Gasteiger partial charge in [0.2, 0.25) is 5.95 Å². The first-order valence-corrected chi connectivity index (χ1v) is 6.42. The van der Waals surface area contributed by atoms with Crippen molar-refractivity contribution in [3.05, 3.63) is 11.6 Å². The standard InChI is InChI=1S/C12H18N4O/c13-12-15-10(8-3-1-2-4-8)14-11(16-12)9-5-6-17-7-9/h8-9H,1-7H2,(H2,13,14,15,16). The normalized spacial score (nSPS) is 25.5. The van der Waals surface area contributed by atoms with E-state index in [4.69, 9.17) is 10.5 Å². The predicted molar refractivity (Wildman–Crippen MR) is 63.6 cm³/mol. The van der Waals surface area contributed by atoms with E-state index in [0.29, 0.717) is 24.4 Å². The number of hydrogen-bond donors (Lipinski definition) is 1.